The van der Waals surface area contributed by atoms with E-state index in [4.69, 9.17) is 5.11 Å². The van der Waals surface area contributed by atoms with Crippen LogP contribution in [0.2, 0.25) is 0 Å². The maximum absolute atomic E-state index is 12.7. The molecule has 7 nitrogen and oxygen atoms in total. The lowest BCUT2D eigenvalue weighted by molar-refractivity contribution is -0.697. The summed E-state index contributed by atoms with van der Waals surface area (Å²) in [6.07, 6.45) is 8.04. The molecule has 1 aromatic carbocycles. The summed E-state index contributed by atoms with van der Waals surface area (Å²) in [6.45, 7) is 7.29. The van der Waals surface area contributed by atoms with Crippen molar-refractivity contribution in [2.45, 2.75) is 19.4 Å². The van der Waals surface area contributed by atoms with E-state index in [0.717, 1.165) is 69.6 Å². The number of aliphatic hydroxyl groups is 1. The van der Waals surface area contributed by atoms with Crippen LogP contribution in [0.4, 0.5) is 0 Å². The monoisotopic (exact) mass is 501 g/mol. The van der Waals surface area contributed by atoms with Gasteiger partial charge in [0.1, 0.15) is 12.1 Å². The van der Waals surface area contributed by atoms with Crippen molar-refractivity contribution in [2.24, 2.45) is 0 Å². The minimum absolute atomic E-state index is 0. The SMILES string of the molecule is O=C(Nn1ccc2ccccc21)c1ccc[n+](CCCCN2CCN(CCO)CC2)c1.[Br-]. The van der Waals surface area contributed by atoms with Gasteiger partial charge in [0.05, 0.1) is 12.1 Å². The fraction of sp³-hybridized carbons (Fsp3) is 0.417. The van der Waals surface area contributed by atoms with Gasteiger partial charge in [0.15, 0.2) is 12.4 Å². The van der Waals surface area contributed by atoms with Crippen molar-refractivity contribution in [2.75, 3.05) is 51.3 Å². The average Bonchev–Trinajstić information content (AvgIpc) is 3.21. The number of amides is 1. The topological polar surface area (TPSA) is 64.6 Å². The minimum atomic E-state index is -0.114. The fourth-order valence-corrected chi connectivity index (χ4v) is 4.16. The van der Waals surface area contributed by atoms with E-state index in [1.165, 1.54) is 0 Å². The largest absolute Gasteiger partial charge is 1.00 e. The van der Waals surface area contributed by atoms with Crippen LogP contribution in [0, 0.1) is 0 Å². The van der Waals surface area contributed by atoms with E-state index in [0.29, 0.717) is 5.56 Å². The highest BCUT2D eigenvalue weighted by molar-refractivity contribution is 6.00. The molecule has 1 aliphatic heterocycles. The van der Waals surface area contributed by atoms with Gasteiger partial charge >= 0.3 is 0 Å². The van der Waals surface area contributed by atoms with Crippen molar-refractivity contribution >= 4 is 16.8 Å². The number of hydrogen-bond acceptors (Lipinski definition) is 4. The summed E-state index contributed by atoms with van der Waals surface area (Å²) in [7, 11) is 0. The molecule has 0 spiro atoms. The number of carbonyl (C=O) groups is 1. The molecule has 3 aromatic rings. The van der Waals surface area contributed by atoms with Crippen molar-refractivity contribution in [1.29, 1.82) is 0 Å². The number of unbranched alkanes of at least 4 members (excludes halogenated alkanes) is 1. The quantitative estimate of drug-likeness (QED) is 0.283. The van der Waals surface area contributed by atoms with Gasteiger partial charge in [0.25, 0.3) is 5.91 Å². The van der Waals surface area contributed by atoms with Gasteiger partial charge in [-0.1, -0.05) is 18.2 Å². The predicted octanol–water partition coefficient (Wildman–Crippen LogP) is -1.29. The first-order chi connectivity index (χ1) is 15.2. The average molecular weight is 502 g/mol. The van der Waals surface area contributed by atoms with Crippen molar-refractivity contribution in [3.05, 3.63) is 66.6 Å². The molecular weight excluding hydrogens is 470 g/mol. The second-order valence-corrected chi connectivity index (χ2v) is 8.13. The van der Waals surface area contributed by atoms with Crippen LogP contribution in [-0.2, 0) is 6.54 Å². The molecular formula is C24H32BrN5O2. The molecule has 0 radical (unpaired) electrons. The summed E-state index contributed by atoms with van der Waals surface area (Å²) < 4.78 is 3.87. The first kappa shape index (κ1) is 24.4. The first-order valence-corrected chi connectivity index (χ1v) is 11.1. The number of nitrogens with one attached hydrogen (secondary N) is 1. The third-order valence-corrected chi connectivity index (χ3v) is 5.96. The summed E-state index contributed by atoms with van der Waals surface area (Å²) in [5, 5.41) is 10.1. The van der Waals surface area contributed by atoms with Gasteiger partial charge in [-0.15, -0.1) is 0 Å². The number of aromatic nitrogens is 2. The number of hydrogen-bond donors (Lipinski definition) is 2. The molecule has 0 aliphatic carbocycles. The van der Waals surface area contributed by atoms with Gasteiger partial charge in [0, 0.05) is 56.8 Å². The van der Waals surface area contributed by atoms with Crippen LogP contribution in [-0.4, -0.2) is 71.4 Å². The van der Waals surface area contributed by atoms with Gasteiger partial charge in [-0.25, -0.2) is 4.57 Å². The fourth-order valence-electron chi connectivity index (χ4n) is 4.16. The van der Waals surface area contributed by atoms with Gasteiger partial charge < -0.3 is 27.0 Å². The maximum Gasteiger partial charge on any atom is 0.276 e. The van der Waals surface area contributed by atoms with Crippen molar-refractivity contribution in [1.82, 2.24) is 14.5 Å². The summed E-state index contributed by atoms with van der Waals surface area (Å²) in [5.74, 6) is -0.114. The van der Waals surface area contributed by atoms with Crippen LogP contribution in [0.3, 0.4) is 0 Å². The summed E-state index contributed by atoms with van der Waals surface area (Å²) in [6, 6.07) is 13.8. The van der Waals surface area contributed by atoms with Crippen LogP contribution in [0.5, 0.6) is 0 Å². The number of rotatable bonds is 9. The molecule has 1 amide bonds. The highest BCUT2D eigenvalue weighted by Gasteiger charge is 2.16. The Kier molecular flexibility index (Phi) is 9.23. The van der Waals surface area contributed by atoms with Crippen molar-refractivity contribution in [3.8, 4) is 0 Å². The smallest absolute Gasteiger partial charge is 0.276 e. The van der Waals surface area contributed by atoms with E-state index in [1.807, 2.05) is 61.1 Å². The number of piperazine rings is 1. The van der Waals surface area contributed by atoms with E-state index in [2.05, 4.69) is 19.8 Å². The Balaban J connectivity index is 0.00000289. The second kappa shape index (κ2) is 12.1. The molecule has 32 heavy (non-hydrogen) atoms. The number of benzene rings is 1. The molecule has 1 fully saturated rings. The minimum Gasteiger partial charge on any atom is -1.00 e. The first-order valence-electron chi connectivity index (χ1n) is 11.1. The van der Waals surface area contributed by atoms with Gasteiger partial charge in [-0.05, 0) is 31.2 Å². The Hall–Kier alpha value is -2.26. The number of carbonyl (C=O) groups excluding carboxylic acids is 1. The lowest BCUT2D eigenvalue weighted by atomic mass is 10.2. The molecule has 0 atom stereocenters. The Bertz CT molecular complexity index is 1000. The summed E-state index contributed by atoms with van der Waals surface area (Å²) in [4.78, 5) is 17.6. The number of β-amino-alcohol motifs (C(OH)–C–C–N with tert-alkyl or cyclic N) is 1. The molecule has 0 bridgehead atoms. The van der Waals surface area contributed by atoms with Gasteiger partial charge in [-0.2, -0.15) is 0 Å². The zero-order valence-corrected chi connectivity index (χ0v) is 20.0. The Morgan fingerprint density at radius 1 is 0.969 bits per heavy atom. The maximum atomic E-state index is 12.7. The van der Waals surface area contributed by atoms with E-state index in [9.17, 15) is 4.79 Å². The van der Waals surface area contributed by atoms with Crippen molar-refractivity contribution < 1.29 is 31.4 Å². The van der Waals surface area contributed by atoms with Crippen LogP contribution in [0.25, 0.3) is 10.9 Å². The van der Waals surface area contributed by atoms with Gasteiger partial charge in [-0.3, -0.25) is 19.8 Å². The van der Waals surface area contributed by atoms with E-state index in [1.54, 1.807) is 4.68 Å². The lowest BCUT2D eigenvalue weighted by Crippen LogP contribution is -3.00. The Morgan fingerprint density at radius 2 is 1.72 bits per heavy atom. The van der Waals surface area contributed by atoms with Gasteiger partial charge in [0.2, 0.25) is 0 Å². The molecule has 1 saturated heterocycles. The summed E-state index contributed by atoms with van der Waals surface area (Å²) in [5.41, 5.74) is 4.61. The van der Waals surface area contributed by atoms with Crippen LogP contribution < -0.4 is 27.0 Å². The molecule has 1 aliphatic rings. The molecule has 8 heteroatoms. The highest BCUT2D eigenvalue weighted by atomic mass is 79.9. The number of aliphatic hydroxyl groups excluding tert-OH is 1. The van der Waals surface area contributed by atoms with E-state index >= 15 is 0 Å². The predicted molar refractivity (Wildman–Crippen MR) is 121 cm³/mol. The zero-order chi connectivity index (χ0) is 21.5. The van der Waals surface area contributed by atoms with E-state index in [-0.39, 0.29) is 29.5 Å². The molecule has 2 aromatic heterocycles. The molecule has 4 rings (SSSR count). The number of aryl methyl sites for hydroxylation is 1. The number of pyridine rings is 1. The third-order valence-electron chi connectivity index (χ3n) is 5.96. The van der Waals surface area contributed by atoms with Crippen LogP contribution in [0.1, 0.15) is 23.2 Å². The Morgan fingerprint density at radius 3 is 2.50 bits per heavy atom. The zero-order valence-electron chi connectivity index (χ0n) is 18.4. The van der Waals surface area contributed by atoms with Crippen LogP contribution in [0.15, 0.2) is 61.1 Å². The molecule has 3 heterocycles. The molecule has 172 valence electrons. The molecule has 0 saturated carbocycles. The second-order valence-electron chi connectivity index (χ2n) is 8.13. The number of para-hydroxylation sites is 1. The number of nitrogens with zero attached hydrogens (tertiary/aromatic N) is 4. The number of halogens is 1. The Labute approximate surface area is 200 Å². The number of fused-ring (bicyclic) bond motifs is 1. The van der Waals surface area contributed by atoms with Crippen LogP contribution >= 0.6 is 0 Å². The third kappa shape index (κ3) is 6.38. The summed E-state index contributed by atoms with van der Waals surface area (Å²) >= 11 is 0. The molecule has 0 unspecified atom stereocenters. The molecule has 2 N–H and O–H groups in total. The normalized spacial score (nSPS) is 14.9. The van der Waals surface area contributed by atoms with Crippen molar-refractivity contribution in [3.63, 3.8) is 0 Å². The standard InChI is InChI=1S/C24H31N5O2.BrH/c30-19-18-27-16-14-26(15-17-27)10-3-4-11-28-12-5-7-22(20-28)24(31)25-29-13-9-21-6-1-2-8-23(21)29;/h1-2,5-9,12-13,20,30H,3-4,10-11,14-19H2;1H. The lowest BCUT2D eigenvalue weighted by Gasteiger charge is -2.34. The van der Waals surface area contributed by atoms with E-state index < -0.39 is 0 Å². The highest BCUT2D eigenvalue weighted by Crippen LogP contribution is 2.13.